The van der Waals surface area contributed by atoms with E-state index in [1.807, 2.05) is 0 Å². The number of carbonyl (C=O) groups is 2. The molecule has 0 bridgehead atoms. The Labute approximate surface area is 480 Å². The molecule has 0 fully saturated rings. The van der Waals surface area contributed by atoms with Gasteiger partial charge in [0, 0.05) is 12.8 Å². The molecule has 0 saturated heterocycles. The number of hydrogen-bond acceptors (Lipinski definition) is 5. The van der Waals surface area contributed by atoms with Crippen LogP contribution in [0.3, 0.4) is 0 Å². The highest BCUT2D eigenvalue weighted by Crippen LogP contribution is 2.15. The number of aliphatic hydroxyl groups is 1. The second-order valence-corrected chi connectivity index (χ2v) is 20.0. The van der Waals surface area contributed by atoms with Crippen molar-refractivity contribution in [2.45, 2.75) is 251 Å². The van der Waals surface area contributed by atoms with Crippen LogP contribution in [0.5, 0.6) is 0 Å². The van der Waals surface area contributed by atoms with Crippen LogP contribution in [0.2, 0.25) is 0 Å². The molecule has 0 aromatic carbocycles. The minimum atomic E-state index is -0.805. The number of rotatable bonds is 55. The Balaban J connectivity index is 3.65. The van der Waals surface area contributed by atoms with Gasteiger partial charge in [-0.05, 0) is 135 Å². The third-order valence-electron chi connectivity index (χ3n) is 12.7. The van der Waals surface area contributed by atoms with Gasteiger partial charge < -0.3 is 14.6 Å². The van der Waals surface area contributed by atoms with Crippen molar-refractivity contribution in [2.75, 3.05) is 13.2 Å². The fraction of sp³-hybridized carbons (Fsp3) is 0.562. The van der Waals surface area contributed by atoms with Crippen molar-refractivity contribution in [1.29, 1.82) is 0 Å². The summed E-state index contributed by atoms with van der Waals surface area (Å²) in [5.74, 6) is -0.640. The van der Waals surface area contributed by atoms with E-state index in [1.165, 1.54) is 77.0 Å². The third-order valence-corrected chi connectivity index (χ3v) is 12.7. The second kappa shape index (κ2) is 66.3. The van der Waals surface area contributed by atoms with Gasteiger partial charge in [-0.2, -0.15) is 0 Å². The van der Waals surface area contributed by atoms with Crippen LogP contribution in [0.15, 0.2) is 182 Å². The lowest BCUT2D eigenvalue weighted by Gasteiger charge is -2.15. The molecule has 0 rings (SSSR count). The molecule has 0 heterocycles. The number of aliphatic hydroxyl groups excluding tert-OH is 1. The van der Waals surface area contributed by atoms with E-state index in [0.29, 0.717) is 12.8 Å². The lowest BCUT2D eigenvalue weighted by Crippen LogP contribution is -2.28. The maximum absolute atomic E-state index is 12.3. The Kier molecular flexibility index (Phi) is 62.0. The highest BCUT2D eigenvalue weighted by Gasteiger charge is 2.16. The molecule has 1 unspecified atom stereocenters. The molecular weight excluding hydrogens is 957 g/mol. The van der Waals surface area contributed by atoms with Crippen LogP contribution in [0.1, 0.15) is 245 Å². The molecule has 78 heavy (non-hydrogen) atoms. The number of esters is 2. The predicted molar refractivity (Wildman–Crippen MR) is 343 cm³/mol. The summed E-state index contributed by atoms with van der Waals surface area (Å²) in [6, 6.07) is 0. The summed E-state index contributed by atoms with van der Waals surface area (Å²) in [6.07, 6.45) is 104. The normalized spacial score (nSPS) is 13.5. The first kappa shape index (κ1) is 73.0. The molecule has 0 amide bonds. The Hall–Kier alpha value is -5.00. The number of ether oxygens (including phenoxy) is 2. The van der Waals surface area contributed by atoms with E-state index in [2.05, 4.69) is 196 Å². The summed E-state index contributed by atoms with van der Waals surface area (Å²) >= 11 is 0. The molecule has 5 nitrogen and oxygen atoms in total. The summed E-state index contributed by atoms with van der Waals surface area (Å²) in [5.41, 5.74) is 0. The summed E-state index contributed by atoms with van der Waals surface area (Å²) < 4.78 is 10.7. The average Bonchev–Trinajstić information content (AvgIpc) is 3.44. The molecule has 0 aliphatic rings. The fourth-order valence-electron chi connectivity index (χ4n) is 8.08. The van der Waals surface area contributed by atoms with E-state index in [9.17, 15) is 14.7 Å². The SMILES string of the molecule is CC/C=C\C/C=C\C/C=C\C/C=C\C/C=C\C/C=C\C/C=C\C/C=C\C/C=C\C/C=C\C/C=C\CCCCCC(=O)OC(CO)COC(=O)CCCCCCCCCCCCCCCC/C=C\C/C=C\C/C=C\C/C=C\CC. The van der Waals surface area contributed by atoms with Gasteiger partial charge in [-0.15, -0.1) is 0 Å². The van der Waals surface area contributed by atoms with E-state index in [0.717, 1.165) is 141 Å². The van der Waals surface area contributed by atoms with Crippen molar-refractivity contribution in [3.8, 4) is 0 Å². The van der Waals surface area contributed by atoms with Gasteiger partial charge in [-0.25, -0.2) is 0 Å². The Morgan fingerprint density at radius 1 is 0.295 bits per heavy atom. The van der Waals surface area contributed by atoms with Crippen molar-refractivity contribution in [2.24, 2.45) is 0 Å². The maximum atomic E-state index is 12.3. The van der Waals surface area contributed by atoms with E-state index < -0.39 is 6.10 Å². The summed E-state index contributed by atoms with van der Waals surface area (Å²) in [7, 11) is 0. The third kappa shape index (κ3) is 63.5. The first-order valence-corrected chi connectivity index (χ1v) is 31.3. The Bertz CT molecular complexity index is 1780. The second-order valence-electron chi connectivity index (χ2n) is 20.0. The van der Waals surface area contributed by atoms with Crippen LogP contribution in [-0.2, 0) is 19.1 Å². The number of allylic oxidation sites excluding steroid dienone is 30. The van der Waals surface area contributed by atoms with Crippen molar-refractivity contribution in [1.82, 2.24) is 0 Å². The van der Waals surface area contributed by atoms with Crippen molar-refractivity contribution >= 4 is 11.9 Å². The van der Waals surface area contributed by atoms with Gasteiger partial charge in [0.1, 0.15) is 6.61 Å². The predicted octanol–water partition coefficient (Wildman–Crippen LogP) is 21.9. The quantitative estimate of drug-likeness (QED) is 0.0373. The standard InChI is InChI=1S/C73H114O5/c1-3-5-7-9-11-13-15-17-19-21-23-25-27-29-31-32-33-34-35-36-37-38-39-40-42-44-46-48-50-52-54-56-58-60-62-64-66-68-73(76)78-71(69-74)70-77-72(75)67-65-63-61-59-57-55-53-51-49-47-45-43-41-30-28-26-24-22-20-18-16-14-12-10-8-6-4-2/h5-8,11-14,17-20,23-26,29,31,33-34,36-37,39-40,44,46,50,52,56,58,71,74H,3-4,9-10,15-16,21-22,27-28,30,32,35,38,41-43,45,47-49,51,53-55,57,59-70H2,1-2H3/b7-5-,8-6-,13-11-,14-12-,19-17-,20-18-,25-23-,26-24-,31-29-,34-33-,37-36-,40-39-,46-44-,52-50-,58-56-. The van der Waals surface area contributed by atoms with Crippen LogP contribution >= 0.6 is 0 Å². The van der Waals surface area contributed by atoms with Gasteiger partial charge in [0.15, 0.2) is 6.10 Å². The molecule has 5 heteroatoms. The first-order valence-electron chi connectivity index (χ1n) is 31.3. The molecule has 0 saturated carbocycles. The highest BCUT2D eigenvalue weighted by molar-refractivity contribution is 5.70. The minimum absolute atomic E-state index is 0.0909. The van der Waals surface area contributed by atoms with Crippen LogP contribution < -0.4 is 0 Å². The zero-order valence-corrected chi connectivity index (χ0v) is 49.8. The minimum Gasteiger partial charge on any atom is -0.462 e. The monoisotopic (exact) mass is 1070 g/mol. The average molecular weight is 1070 g/mol. The molecular formula is C73H114O5. The van der Waals surface area contributed by atoms with Crippen LogP contribution in [-0.4, -0.2) is 36.4 Å². The van der Waals surface area contributed by atoms with Crippen LogP contribution in [0.25, 0.3) is 0 Å². The smallest absolute Gasteiger partial charge is 0.306 e. The van der Waals surface area contributed by atoms with Crippen molar-refractivity contribution in [3.05, 3.63) is 182 Å². The van der Waals surface area contributed by atoms with Crippen molar-refractivity contribution < 1.29 is 24.2 Å². The molecule has 0 aliphatic heterocycles. The zero-order valence-electron chi connectivity index (χ0n) is 49.8. The van der Waals surface area contributed by atoms with Crippen LogP contribution in [0, 0.1) is 0 Å². The van der Waals surface area contributed by atoms with Gasteiger partial charge in [-0.3, -0.25) is 9.59 Å². The van der Waals surface area contributed by atoms with Crippen LogP contribution in [0.4, 0.5) is 0 Å². The molecule has 436 valence electrons. The lowest BCUT2D eigenvalue weighted by molar-refractivity contribution is -0.161. The summed E-state index contributed by atoms with van der Waals surface area (Å²) in [5, 5.41) is 9.67. The first-order chi connectivity index (χ1) is 38.6. The molecule has 0 aromatic rings. The van der Waals surface area contributed by atoms with E-state index >= 15 is 0 Å². The Morgan fingerprint density at radius 2 is 0.513 bits per heavy atom. The topological polar surface area (TPSA) is 72.8 Å². The highest BCUT2D eigenvalue weighted by atomic mass is 16.6. The molecule has 0 aromatic heterocycles. The lowest BCUT2D eigenvalue weighted by atomic mass is 10.0. The molecule has 0 spiro atoms. The van der Waals surface area contributed by atoms with E-state index in [4.69, 9.17) is 9.47 Å². The zero-order chi connectivity index (χ0) is 56.2. The summed E-state index contributed by atoms with van der Waals surface area (Å²) in [6.45, 7) is 3.88. The van der Waals surface area contributed by atoms with Crippen molar-refractivity contribution in [3.63, 3.8) is 0 Å². The van der Waals surface area contributed by atoms with Gasteiger partial charge >= 0.3 is 11.9 Å². The summed E-state index contributed by atoms with van der Waals surface area (Å²) in [4.78, 5) is 24.6. The van der Waals surface area contributed by atoms with Gasteiger partial charge in [-0.1, -0.05) is 280 Å². The molecule has 1 N–H and O–H groups in total. The number of carbonyl (C=O) groups excluding carboxylic acids is 2. The maximum Gasteiger partial charge on any atom is 0.306 e. The van der Waals surface area contributed by atoms with Gasteiger partial charge in [0.05, 0.1) is 6.61 Å². The van der Waals surface area contributed by atoms with E-state index in [1.54, 1.807) is 0 Å². The number of hydrogen-bond donors (Lipinski definition) is 1. The fourth-order valence-corrected chi connectivity index (χ4v) is 8.08. The molecule has 0 radical (unpaired) electrons. The largest absolute Gasteiger partial charge is 0.462 e. The Morgan fingerprint density at radius 3 is 0.782 bits per heavy atom. The van der Waals surface area contributed by atoms with Gasteiger partial charge in [0.25, 0.3) is 0 Å². The van der Waals surface area contributed by atoms with E-state index in [-0.39, 0.29) is 25.2 Å². The van der Waals surface area contributed by atoms with Gasteiger partial charge in [0.2, 0.25) is 0 Å². The number of unbranched alkanes of at least 4 members (excludes halogenated alkanes) is 17. The molecule has 0 aliphatic carbocycles. The molecule has 1 atom stereocenters.